The van der Waals surface area contributed by atoms with Gasteiger partial charge in [-0.3, -0.25) is 14.3 Å². The van der Waals surface area contributed by atoms with Gasteiger partial charge >= 0.3 is 0 Å². The predicted octanol–water partition coefficient (Wildman–Crippen LogP) is 5.08. The molecule has 0 radical (unpaired) electrons. The van der Waals surface area contributed by atoms with E-state index in [0.29, 0.717) is 46.8 Å². The first-order valence-electron chi connectivity index (χ1n) is 15.1. The summed E-state index contributed by atoms with van der Waals surface area (Å²) in [5.41, 5.74) is 6.41. The van der Waals surface area contributed by atoms with Gasteiger partial charge in [-0.05, 0) is 74.9 Å². The fourth-order valence-electron chi connectivity index (χ4n) is 5.85. The quantitative estimate of drug-likeness (QED) is 0.197. The summed E-state index contributed by atoms with van der Waals surface area (Å²) in [4.78, 5) is 30.5. The third kappa shape index (κ3) is 6.06. The van der Waals surface area contributed by atoms with E-state index in [2.05, 4.69) is 10.4 Å². The average Bonchev–Trinajstić information content (AvgIpc) is 3.74. The summed E-state index contributed by atoms with van der Waals surface area (Å²) in [6.07, 6.45) is 6.21. The van der Waals surface area contributed by atoms with Gasteiger partial charge in [-0.25, -0.2) is 9.37 Å². The molecule has 0 spiro atoms. The van der Waals surface area contributed by atoms with Crippen molar-refractivity contribution in [3.8, 4) is 22.8 Å². The zero-order valence-corrected chi connectivity index (χ0v) is 25.9. The lowest BCUT2D eigenvalue weighted by atomic mass is 9.70. The molecule has 45 heavy (non-hydrogen) atoms. The number of methoxy groups -OCH3 is 1. The normalized spacial score (nSPS) is 16.2. The molecule has 10 nitrogen and oxygen atoms in total. The number of ether oxygens (including phenoxy) is 2. The van der Waals surface area contributed by atoms with Crippen molar-refractivity contribution >= 4 is 34.3 Å². The minimum atomic E-state index is -1.60. The first-order chi connectivity index (χ1) is 21.6. The molecule has 2 amide bonds. The predicted molar refractivity (Wildman–Crippen MR) is 167 cm³/mol. The molecule has 2 heterocycles. The number of primary amides is 1. The fraction of sp³-hybridized carbons (Fsp3) is 0.394. The largest absolute Gasteiger partial charge is 0.494 e. The standard InChI is InChI=1S/C33H35ClFN5O5/c1-3-45-31-19(15-28(36)41)14-27(38-30(31)18-7-10-25(35)24(34)12-18)33(43,22-5-4-6-22)17-37-32(42)20-11-21-16-40(23-8-9-23)39-29(21)26(13-20)44-2/h7,10-14,16,22-23,43H,3-6,8-9,15,17H2,1-2H3,(H2,36,41)(H,37,42)/t33-/m1/s1. The van der Waals surface area contributed by atoms with Crippen molar-refractivity contribution in [2.24, 2.45) is 11.7 Å². The Bertz CT molecular complexity index is 1790. The van der Waals surface area contributed by atoms with Crippen molar-refractivity contribution < 1.29 is 28.6 Å². The molecule has 2 aromatic heterocycles. The SMILES string of the molecule is CCOc1c(CC(N)=O)cc([C@@](O)(CNC(=O)c2cc(OC)c3nn(C4CC4)cc3c2)C2CCC2)nc1-c1ccc(F)c(Cl)c1. The summed E-state index contributed by atoms with van der Waals surface area (Å²) >= 11 is 6.12. The van der Waals surface area contributed by atoms with Crippen LogP contribution in [0.5, 0.6) is 11.5 Å². The van der Waals surface area contributed by atoms with Crippen molar-refractivity contribution in [1.29, 1.82) is 0 Å². The summed E-state index contributed by atoms with van der Waals surface area (Å²) in [5.74, 6) is -1.06. The number of carbonyl (C=O) groups is 2. The third-order valence-corrected chi connectivity index (χ3v) is 8.92. The number of benzene rings is 2. The highest BCUT2D eigenvalue weighted by atomic mass is 35.5. The lowest BCUT2D eigenvalue weighted by Gasteiger charge is -2.41. The number of hydrogen-bond acceptors (Lipinski definition) is 7. The van der Waals surface area contributed by atoms with E-state index in [9.17, 15) is 19.1 Å². The van der Waals surface area contributed by atoms with Crippen LogP contribution in [0.3, 0.4) is 0 Å². The van der Waals surface area contributed by atoms with Crippen LogP contribution in [0.2, 0.25) is 5.02 Å². The number of nitrogens with zero attached hydrogens (tertiary/aromatic N) is 3. The summed E-state index contributed by atoms with van der Waals surface area (Å²) in [6, 6.07) is 9.51. The van der Waals surface area contributed by atoms with E-state index >= 15 is 0 Å². The molecule has 0 bridgehead atoms. The second-order valence-electron chi connectivity index (χ2n) is 11.7. The van der Waals surface area contributed by atoms with Gasteiger partial charge in [-0.15, -0.1) is 0 Å². The molecule has 4 aromatic rings. The van der Waals surface area contributed by atoms with Gasteiger partial charge in [0.1, 0.15) is 34.1 Å². The Balaban J connectivity index is 1.38. The van der Waals surface area contributed by atoms with E-state index in [1.807, 2.05) is 10.9 Å². The number of halogens is 2. The maximum absolute atomic E-state index is 14.1. The van der Waals surface area contributed by atoms with E-state index in [1.165, 1.54) is 25.3 Å². The molecular weight excluding hydrogens is 601 g/mol. The van der Waals surface area contributed by atoms with Crippen molar-refractivity contribution in [3.63, 3.8) is 0 Å². The lowest BCUT2D eigenvalue weighted by molar-refractivity contribution is -0.117. The number of amides is 2. The number of hydrogen-bond donors (Lipinski definition) is 3. The molecular formula is C33H35ClFN5O5. The zero-order valence-electron chi connectivity index (χ0n) is 25.1. The zero-order chi connectivity index (χ0) is 31.9. The van der Waals surface area contributed by atoms with Crippen molar-refractivity contribution in [3.05, 3.63) is 70.3 Å². The Morgan fingerprint density at radius 2 is 1.98 bits per heavy atom. The lowest BCUT2D eigenvalue weighted by Crippen LogP contribution is -2.49. The van der Waals surface area contributed by atoms with Crippen LogP contribution in [0, 0.1) is 11.7 Å². The maximum Gasteiger partial charge on any atom is 0.251 e. The minimum absolute atomic E-state index is 0.116. The number of aromatic nitrogens is 3. The van der Waals surface area contributed by atoms with Crippen molar-refractivity contribution in [1.82, 2.24) is 20.1 Å². The molecule has 2 aliphatic carbocycles. The molecule has 0 aliphatic heterocycles. The van der Waals surface area contributed by atoms with Gasteiger partial charge in [-0.2, -0.15) is 5.10 Å². The van der Waals surface area contributed by atoms with E-state index in [4.69, 9.17) is 31.8 Å². The number of nitrogens with two attached hydrogens (primary N) is 1. The van der Waals surface area contributed by atoms with Crippen LogP contribution in [0.15, 0.2) is 42.6 Å². The van der Waals surface area contributed by atoms with Crippen LogP contribution < -0.4 is 20.5 Å². The van der Waals surface area contributed by atoms with Gasteiger partial charge in [0.15, 0.2) is 0 Å². The molecule has 0 unspecified atom stereocenters. The van der Waals surface area contributed by atoms with Gasteiger partial charge < -0.3 is 25.6 Å². The Morgan fingerprint density at radius 3 is 2.60 bits per heavy atom. The van der Waals surface area contributed by atoms with Crippen LogP contribution in [0.25, 0.3) is 22.2 Å². The van der Waals surface area contributed by atoms with Gasteiger partial charge in [0.25, 0.3) is 5.91 Å². The summed E-state index contributed by atoms with van der Waals surface area (Å²) < 4.78 is 27.5. The van der Waals surface area contributed by atoms with Gasteiger partial charge in [0.2, 0.25) is 5.91 Å². The fourth-order valence-corrected chi connectivity index (χ4v) is 6.03. The molecule has 2 aliphatic rings. The number of rotatable bonds is 12. The van der Waals surface area contributed by atoms with Crippen LogP contribution in [0.1, 0.15) is 66.7 Å². The smallest absolute Gasteiger partial charge is 0.251 e. The summed E-state index contributed by atoms with van der Waals surface area (Å²) in [6.45, 7) is 1.89. The van der Waals surface area contributed by atoms with E-state index < -0.39 is 23.2 Å². The Hall–Kier alpha value is -4.22. The molecule has 6 rings (SSSR count). The Labute approximate surface area is 264 Å². The minimum Gasteiger partial charge on any atom is -0.494 e. The summed E-state index contributed by atoms with van der Waals surface area (Å²) in [7, 11) is 1.54. The number of carbonyl (C=O) groups excluding carboxylic acids is 2. The van der Waals surface area contributed by atoms with Gasteiger partial charge in [0, 0.05) is 28.3 Å². The Morgan fingerprint density at radius 1 is 1.20 bits per heavy atom. The molecule has 2 aromatic carbocycles. The molecule has 1 atom stereocenters. The van der Waals surface area contributed by atoms with E-state index in [1.54, 1.807) is 25.1 Å². The maximum atomic E-state index is 14.1. The van der Waals surface area contributed by atoms with Crippen molar-refractivity contribution in [2.45, 2.75) is 57.1 Å². The average molecular weight is 636 g/mol. The van der Waals surface area contributed by atoms with Crippen LogP contribution >= 0.6 is 11.6 Å². The first-order valence-corrected chi connectivity index (χ1v) is 15.5. The molecule has 236 valence electrons. The molecule has 0 saturated heterocycles. The molecule has 2 saturated carbocycles. The van der Waals surface area contributed by atoms with Gasteiger partial charge in [0.05, 0.1) is 43.4 Å². The summed E-state index contributed by atoms with van der Waals surface area (Å²) in [5, 5.41) is 20.6. The highest BCUT2D eigenvalue weighted by Gasteiger charge is 2.44. The van der Waals surface area contributed by atoms with Crippen LogP contribution in [-0.4, -0.2) is 51.9 Å². The number of nitrogens with one attached hydrogen (secondary N) is 1. The number of pyridine rings is 1. The monoisotopic (exact) mass is 635 g/mol. The molecule has 2 fully saturated rings. The highest BCUT2D eigenvalue weighted by Crippen LogP contribution is 2.44. The second kappa shape index (κ2) is 12.3. The highest BCUT2D eigenvalue weighted by molar-refractivity contribution is 6.31. The number of fused-ring (bicyclic) bond motifs is 1. The van der Waals surface area contributed by atoms with Crippen LogP contribution in [-0.2, 0) is 16.8 Å². The second-order valence-corrected chi connectivity index (χ2v) is 12.1. The van der Waals surface area contributed by atoms with E-state index in [-0.39, 0.29) is 47.7 Å². The Kier molecular flexibility index (Phi) is 8.41. The molecule has 4 N–H and O–H groups in total. The van der Waals surface area contributed by atoms with Crippen LogP contribution in [0.4, 0.5) is 4.39 Å². The first kappa shape index (κ1) is 30.8. The third-order valence-electron chi connectivity index (χ3n) is 8.63. The topological polar surface area (TPSA) is 142 Å². The van der Waals surface area contributed by atoms with E-state index in [0.717, 1.165) is 24.6 Å². The number of aliphatic hydroxyl groups is 1. The van der Waals surface area contributed by atoms with Gasteiger partial charge in [-0.1, -0.05) is 18.0 Å². The molecule has 12 heteroatoms. The van der Waals surface area contributed by atoms with Crippen molar-refractivity contribution in [2.75, 3.05) is 20.3 Å².